The number of esters is 1. The summed E-state index contributed by atoms with van der Waals surface area (Å²) >= 11 is 6.01. The van der Waals surface area contributed by atoms with Gasteiger partial charge in [0.15, 0.2) is 0 Å². The fraction of sp³-hybridized carbons (Fsp3) is 0.364. The molecule has 0 unspecified atom stereocenters. The fourth-order valence-electron chi connectivity index (χ4n) is 1.25. The topological polar surface area (TPSA) is 66.2 Å². The summed E-state index contributed by atoms with van der Waals surface area (Å²) in [4.78, 5) is 16.8. The number of hydrogen-bond acceptors (Lipinski definition) is 5. The Hall–Kier alpha value is -1.80. The van der Waals surface area contributed by atoms with Crippen molar-refractivity contribution in [3.05, 3.63) is 22.8 Å². The molecule has 0 aliphatic rings. The number of ether oxygens (including phenoxy) is 1. The first-order valence-corrected chi connectivity index (χ1v) is 5.30. The molecule has 0 aliphatic heterocycles. The molecular weight excluding hydrogens is 242 g/mol. The van der Waals surface area contributed by atoms with Gasteiger partial charge in [-0.25, -0.2) is 4.98 Å². The highest BCUT2D eigenvalue weighted by Crippen LogP contribution is 2.25. The molecule has 0 saturated heterocycles. The minimum absolute atomic E-state index is 0.238. The van der Waals surface area contributed by atoms with Crippen LogP contribution in [0.4, 0.5) is 5.82 Å². The largest absolute Gasteiger partial charge is 0.469 e. The van der Waals surface area contributed by atoms with Gasteiger partial charge in [-0.1, -0.05) is 11.6 Å². The first-order chi connectivity index (χ1) is 8.10. The second-order valence-corrected chi connectivity index (χ2v) is 3.73. The minimum Gasteiger partial charge on any atom is -0.469 e. The molecule has 0 N–H and O–H groups in total. The maximum Gasteiger partial charge on any atom is 0.307 e. The summed E-state index contributed by atoms with van der Waals surface area (Å²) in [6, 6.07) is 3.52. The van der Waals surface area contributed by atoms with Crippen molar-refractivity contribution < 1.29 is 9.53 Å². The molecular formula is C11H12ClN3O2. The molecule has 0 atom stereocenters. The maximum atomic E-state index is 11.0. The van der Waals surface area contributed by atoms with Crippen molar-refractivity contribution in [2.24, 2.45) is 0 Å². The van der Waals surface area contributed by atoms with E-state index in [-0.39, 0.29) is 12.4 Å². The van der Waals surface area contributed by atoms with Crippen molar-refractivity contribution in [3.63, 3.8) is 0 Å². The number of carbonyl (C=O) groups is 1. The predicted molar refractivity (Wildman–Crippen MR) is 63.9 cm³/mol. The number of methoxy groups -OCH3 is 1. The summed E-state index contributed by atoms with van der Waals surface area (Å²) in [6.45, 7) is 0.425. The van der Waals surface area contributed by atoms with Gasteiger partial charge >= 0.3 is 5.97 Å². The number of pyridine rings is 1. The van der Waals surface area contributed by atoms with Crippen molar-refractivity contribution in [1.82, 2.24) is 4.98 Å². The van der Waals surface area contributed by atoms with E-state index in [0.717, 1.165) is 0 Å². The Bertz CT molecular complexity index is 457. The first kappa shape index (κ1) is 13.3. The lowest BCUT2D eigenvalue weighted by atomic mass is 10.2. The molecule has 0 bridgehead atoms. The van der Waals surface area contributed by atoms with Crippen molar-refractivity contribution in [2.45, 2.75) is 6.42 Å². The van der Waals surface area contributed by atoms with Crippen LogP contribution in [0, 0.1) is 11.3 Å². The highest BCUT2D eigenvalue weighted by molar-refractivity contribution is 6.34. The van der Waals surface area contributed by atoms with Gasteiger partial charge in [0, 0.05) is 19.8 Å². The van der Waals surface area contributed by atoms with E-state index in [1.54, 1.807) is 18.0 Å². The lowest BCUT2D eigenvalue weighted by molar-refractivity contribution is -0.140. The normalized spacial score (nSPS) is 9.53. The van der Waals surface area contributed by atoms with E-state index < -0.39 is 0 Å². The Balaban J connectivity index is 2.79. The van der Waals surface area contributed by atoms with Gasteiger partial charge in [-0.3, -0.25) is 4.79 Å². The quantitative estimate of drug-likeness (QED) is 0.763. The maximum absolute atomic E-state index is 11.0. The molecule has 1 aromatic rings. The van der Waals surface area contributed by atoms with Crippen LogP contribution in [0.25, 0.3) is 0 Å². The molecule has 1 rings (SSSR count). The Morgan fingerprint density at radius 3 is 3.00 bits per heavy atom. The van der Waals surface area contributed by atoms with E-state index in [2.05, 4.69) is 9.72 Å². The van der Waals surface area contributed by atoms with Gasteiger partial charge < -0.3 is 9.64 Å². The predicted octanol–water partition coefficient (Wildman–Crippen LogP) is 1.61. The Labute approximate surface area is 105 Å². The van der Waals surface area contributed by atoms with E-state index in [1.165, 1.54) is 13.3 Å². The third kappa shape index (κ3) is 3.33. The highest BCUT2D eigenvalue weighted by Gasteiger charge is 2.12. The molecule has 0 radical (unpaired) electrons. The molecule has 90 valence electrons. The summed E-state index contributed by atoms with van der Waals surface area (Å²) in [6.07, 6.45) is 1.75. The monoisotopic (exact) mass is 253 g/mol. The first-order valence-electron chi connectivity index (χ1n) is 4.92. The molecule has 17 heavy (non-hydrogen) atoms. The number of nitriles is 1. The molecule has 0 aliphatic carbocycles. The van der Waals surface area contributed by atoms with Gasteiger partial charge in [-0.05, 0) is 6.07 Å². The summed E-state index contributed by atoms with van der Waals surface area (Å²) in [5.41, 5.74) is 0.363. The van der Waals surface area contributed by atoms with E-state index in [1.807, 2.05) is 6.07 Å². The Morgan fingerprint density at radius 2 is 2.41 bits per heavy atom. The average molecular weight is 254 g/mol. The zero-order chi connectivity index (χ0) is 12.8. The molecule has 5 nitrogen and oxygen atoms in total. The van der Waals surface area contributed by atoms with Crippen LogP contribution >= 0.6 is 11.6 Å². The van der Waals surface area contributed by atoms with Crippen LogP contribution in [0.15, 0.2) is 12.3 Å². The smallest absolute Gasteiger partial charge is 0.307 e. The van der Waals surface area contributed by atoms with E-state index in [4.69, 9.17) is 16.9 Å². The van der Waals surface area contributed by atoms with Gasteiger partial charge in [0.25, 0.3) is 0 Å². The van der Waals surface area contributed by atoms with Gasteiger partial charge in [0.05, 0.1) is 19.1 Å². The lowest BCUT2D eigenvalue weighted by Gasteiger charge is -2.18. The summed E-state index contributed by atoms with van der Waals surface area (Å²) < 4.78 is 4.54. The van der Waals surface area contributed by atoms with Crippen LogP contribution in [-0.2, 0) is 9.53 Å². The van der Waals surface area contributed by atoms with E-state index >= 15 is 0 Å². The van der Waals surface area contributed by atoms with Crippen molar-refractivity contribution in [1.29, 1.82) is 5.26 Å². The molecule has 0 saturated carbocycles. The molecule has 0 fully saturated rings. The summed E-state index contributed by atoms with van der Waals surface area (Å²) in [5, 5.41) is 9.12. The Kier molecular flexibility index (Phi) is 4.73. The number of anilines is 1. The van der Waals surface area contributed by atoms with Crippen molar-refractivity contribution >= 4 is 23.4 Å². The minimum atomic E-state index is -0.301. The van der Waals surface area contributed by atoms with Crippen LogP contribution in [-0.4, -0.2) is 31.7 Å². The van der Waals surface area contributed by atoms with Crippen molar-refractivity contribution in [3.8, 4) is 6.07 Å². The molecule has 1 heterocycles. The number of nitrogens with zero attached hydrogens (tertiary/aromatic N) is 3. The van der Waals surface area contributed by atoms with Crippen LogP contribution in [0.5, 0.6) is 0 Å². The summed E-state index contributed by atoms with van der Waals surface area (Å²) in [7, 11) is 3.09. The standard InChI is InChI=1S/C11H12ClN3O2/c1-15(6-4-9(16)17-2)11-10(12)8(7-13)3-5-14-11/h3,5H,4,6H2,1-2H3. The number of aromatic nitrogens is 1. The summed E-state index contributed by atoms with van der Waals surface area (Å²) in [5.74, 6) is 0.180. The third-order valence-electron chi connectivity index (χ3n) is 2.23. The number of halogens is 1. The van der Waals surface area contributed by atoms with Crippen LogP contribution in [0.1, 0.15) is 12.0 Å². The van der Waals surface area contributed by atoms with Crippen LogP contribution < -0.4 is 4.90 Å². The Morgan fingerprint density at radius 1 is 1.71 bits per heavy atom. The van der Waals surface area contributed by atoms with Gasteiger partial charge in [0.1, 0.15) is 16.9 Å². The van der Waals surface area contributed by atoms with Crippen molar-refractivity contribution in [2.75, 3.05) is 25.6 Å². The highest BCUT2D eigenvalue weighted by atomic mass is 35.5. The number of hydrogen-bond donors (Lipinski definition) is 0. The second-order valence-electron chi connectivity index (χ2n) is 3.36. The molecule has 6 heteroatoms. The molecule has 0 aromatic carbocycles. The average Bonchev–Trinajstić information content (AvgIpc) is 2.35. The second kappa shape index (κ2) is 6.06. The molecule has 1 aromatic heterocycles. The lowest BCUT2D eigenvalue weighted by Crippen LogP contribution is -2.23. The SMILES string of the molecule is COC(=O)CCN(C)c1nccc(C#N)c1Cl. The van der Waals surface area contributed by atoms with Gasteiger partial charge in [0.2, 0.25) is 0 Å². The molecule has 0 amide bonds. The third-order valence-corrected chi connectivity index (χ3v) is 2.60. The number of rotatable bonds is 4. The zero-order valence-electron chi connectivity index (χ0n) is 9.61. The van der Waals surface area contributed by atoms with E-state index in [0.29, 0.717) is 22.9 Å². The van der Waals surface area contributed by atoms with Gasteiger partial charge in [-0.2, -0.15) is 5.26 Å². The van der Waals surface area contributed by atoms with E-state index in [9.17, 15) is 4.79 Å². The van der Waals surface area contributed by atoms with Gasteiger partial charge in [-0.15, -0.1) is 0 Å². The van der Waals surface area contributed by atoms with Crippen LogP contribution in [0.3, 0.4) is 0 Å². The van der Waals surface area contributed by atoms with Crippen LogP contribution in [0.2, 0.25) is 5.02 Å². The zero-order valence-corrected chi connectivity index (χ0v) is 10.4. The molecule has 0 spiro atoms. The number of carbonyl (C=O) groups excluding carboxylic acids is 1. The fourth-order valence-corrected chi connectivity index (χ4v) is 1.55.